The molecule has 0 atom stereocenters. The first kappa shape index (κ1) is 19.8. The quantitative estimate of drug-likeness (QED) is 0.685. The summed E-state index contributed by atoms with van der Waals surface area (Å²) in [6.45, 7) is 8.40. The lowest BCUT2D eigenvalue weighted by atomic mass is 9.82. The standard InChI is InChI=1S/C18H27NO5/c1-5-18(6-2,17(21)22)12-19-16(20)13-9-10-14(23-7-3)15(11-13)24-8-4/h9-11H,5-8,12H2,1-4H3,(H,19,20)(H,21,22). The monoisotopic (exact) mass is 337 g/mol. The average molecular weight is 337 g/mol. The van der Waals surface area contributed by atoms with E-state index < -0.39 is 11.4 Å². The minimum Gasteiger partial charge on any atom is -0.490 e. The molecule has 0 aliphatic rings. The fourth-order valence-corrected chi connectivity index (χ4v) is 2.42. The first-order valence-electron chi connectivity index (χ1n) is 8.35. The molecule has 0 fully saturated rings. The Morgan fingerprint density at radius 2 is 1.62 bits per heavy atom. The lowest BCUT2D eigenvalue weighted by Gasteiger charge is -2.26. The number of nitrogens with one attached hydrogen (secondary N) is 1. The van der Waals surface area contributed by atoms with Crippen molar-refractivity contribution in [3.63, 3.8) is 0 Å². The van der Waals surface area contributed by atoms with E-state index in [0.29, 0.717) is 43.1 Å². The molecule has 1 amide bonds. The molecular weight excluding hydrogens is 310 g/mol. The van der Waals surface area contributed by atoms with E-state index >= 15 is 0 Å². The van der Waals surface area contributed by atoms with Gasteiger partial charge in [0.25, 0.3) is 5.91 Å². The number of rotatable bonds is 10. The summed E-state index contributed by atoms with van der Waals surface area (Å²) in [6, 6.07) is 4.95. The molecule has 24 heavy (non-hydrogen) atoms. The number of carbonyl (C=O) groups excluding carboxylic acids is 1. The largest absolute Gasteiger partial charge is 0.490 e. The fraction of sp³-hybridized carbons (Fsp3) is 0.556. The number of ether oxygens (including phenoxy) is 2. The Morgan fingerprint density at radius 1 is 1.04 bits per heavy atom. The second kappa shape index (κ2) is 9.15. The number of hydrogen-bond acceptors (Lipinski definition) is 4. The molecule has 0 radical (unpaired) electrons. The van der Waals surface area contributed by atoms with Gasteiger partial charge in [-0.05, 0) is 44.9 Å². The van der Waals surface area contributed by atoms with Gasteiger partial charge in [-0.1, -0.05) is 13.8 Å². The predicted octanol–water partition coefficient (Wildman–Crippen LogP) is 3.10. The SMILES string of the molecule is CCOc1ccc(C(=O)NCC(CC)(CC)C(=O)O)cc1OCC. The molecule has 1 rings (SSSR count). The first-order valence-corrected chi connectivity index (χ1v) is 8.35. The third-order valence-corrected chi connectivity index (χ3v) is 4.20. The van der Waals surface area contributed by atoms with Gasteiger partial charge < -0.3 is 19.9 Å². The Bertz CT molecular complexity index is 567. The van der Waals surface area contributed by atoms with Gasteiger partial charge in [0.15, 0.2) is 11.5 Å². The average Bonchev–Trinajstić information content (AvgIpc) is 2.57. The highest BCUT2D eigenvalue weighted by atomic mass is 16.5. The van der Waals surface area contributed by atoms with Crippen LogP contribution in [0.15, 0.2) is 18.2 Å². The molecule has 0 saturated carbocycles. The van der Waals surface area contributed by atoms with Gasteiger partial charge in [-0.2, -0.15) is 0 Å². The van der Waals surface area contributed by atoms with Crippen LogP contribution in [-0.4, -0.2) is 36.7 Å². The molecule has 0 aliphatic carbocycles. The highest BCUT2D eigenvalue weighted by molar-refractivity contribution is 5.95. The topological polar surface area (TPSA) is 84.9 Å². The molecular formula is C18H27NO5. The zero-order valence-corrected chi connectivity index (χ0v) is 14.8. The van der Waals surface area contributed by atoms with E-state index in [1.807, 2.05) is 27.7 Å². The summed E-state index contributed by atoms with van der Waals surface area (Å²) < 4.78 is 11.0. The highest BCUT2D eigenvalue weighted by Crippen LogP contribution is 2.29. The van der Waals surface area contributed by atoms with E-state index in [9.17, 15) is 14.7 Å². The summed E-state index contributed by atoms with van der Waals surface area (Å²) in [7, 11) is 0. The predicted molar refractivity (Wildman–Crippen MR) is 91.8 cm³/mol. The smallest absolute Gasteiger partial charge is 0.311 e. The van der Waals surface area contributed by atoms with E-state index in [1.165, 1.54) is 0 Å². The Balaban J connectivity index is 2.91. The Morgan fingerprint density at radius 3 is 2.12 bits per heavy atom. The maximum absolute atomic E-state index is 12.4. The van der Waals surface area contributed by atoms with Crippen LogP contribution >= 0.6 is 0 Å². The minimum atomic E-state index is -0.941. The molecule has 134 valence electrons. The van der Waals surface area contributed by atoms with Gasteiger partial charge in [-0.15, -0.1) is 0 Å². The van der Waals surface area contributed by atoms with Crippen LogP contribution in [0.1, 0.15) is 50.9 Å². The van der Waals surface area contributed by atoms with Crippen molar-refractivity contribution >= 4 is 11.9 Å². The van der Waals surface area contributed by atoms with Crippen molar-refractivity contribution < 1.29 is 24.2 Å². The maximum atomic E-state index is 12.4. The van der Waals surface area contributed by atoms with Gasteiger partial charge in [0.05, 0.1) is 18.6 Å². The van der Waals surface area contributed by atoms with Crippen LogP contribution in [0.5, 0.6) is 11.5 Å². The maximum Gasteiger partial charge on any atom is 0.311 e. The number of benzene rings is 1. The molecule has 0 bridgehead atoms. The third kappa shape index (κ3) is 4.63. The molecule has 0 aliphatic heterocycles. The lowest BCUT2D eigenvalue weighted by Crippen LogP contribution is -2.42. The molecule has 6 heteroatoms. The Labute approximate surface area is 143 Å². The molecule has 0 saturated heterocycles. The summed E-state index contributed by atoms with van der Waals surface area (Å²) in [4.78, 5) is 23.9. The van der Waals surface area contributed by atoms with Crippen molar-refractivity contribution in [3.8, 4) is 11.5 Å². The van der Waals surface area contributed by atoms with Crippen molar-refractivity contribution in [1.82, 2.24) is 5.32 Å². The van der Waals surface area contributed by atoms with Gasteiger partial charge >= 0.3 is 5.97 Å². The van der Waals surface area contributed by atoms with E-state index in [0.717, 1.165) is 0 Å². The van der Waals surface area contributed by atoms with Crippen LogP contribution in [0.2, 0.25) is 0 Å². The van der Waals surface area contributed by atoms with E-state index in [4.69, 9.17) is 9.47 Å². The normalized spacial score (nSPS) is 11.0. The van der Waals surface area contributed by atoms with Gasteiger partial charge in [0, 0.05) is 12.1 Å². The van der Waals surface area contributed by atoms with Crippen LogP contribution in [0.3, 0.4) is 0 Å². The number of carboxylic acids is 1. The van der Waals surface area contributed by atoms with Crippen LogP contribution in [0.25, 0.3) is 0 Å². The van der Waals surface area contributed by atoms with Crippen molar-refractivity contribution in [2.24, 2.45) is 5.41 Å². The molecule has 0 unspecified atom stereocenters. The number of carbonyl (C=O) groups is 2. The third-order valence-electron chi connectivity index (χ3n) is 4.20. The van der Waals surface area contributed by atoms with Gasteiger partial charge in [-0.25, -0.2) is 0 Å². The summed E-state index contributed by atoms with van der Waals surface area (Å²) in [6.07, 6.45) is 0.902. The lowest BCUT2D eigenvalue weighted by molar-refractivity contribution is -0.149. The number of carboxylic acid groups (broad SMARTS) is 1. The number of amides is 1. The van der Waals surface area contributed by atoms with Crippen molar-refractivity contribution in [3.05, 3.63) is 23.8 Å². The zero-order valence-electron chi connectivity index (χ0n) is 14.8. The zero-order chi connectivity index (χ0) is 18.2. The first-order chi connectivity index (χ1) is 11.4. The second-order valence-corrected chi connectivity index (χ2v) is 5.50. The van der Waals surface area contributed by atoms with Crippen molar-refractivity contribution in [2.45, 2.75) is 40.5 Å². The van der Waals surface area contributed by atoms with Crippen LogP contribution in [0.4, 0.5) is 0 Å². The Hall–Kier alpha value is -2.24. The summed E-state index contributed by atoms with van der Waals surface area (Å²) in [5.41, 5.74) is -0.530. The summed E-state index contributed by atoms with van der Waals surface area (Å²) in [5, 5.41) is 12.2. The second-order valence-electron chi connectivity index (χ2n) is 5.50. The fourth-order valence-electron chi connectivity index (χ4n) is 2.42. The number of aliphatic carboxylic acids is 1. The van der Waals surface area contributed by atoms with Crippen molar-refractivity contribution in [2.75, 3.05) is 19.8 Å². The van der Waals surface area contributed by atoms with Crippen molar-refractivity contribution in [1.29, 1.82) is 0 Å². The van der Waals surface area contributed by atoms with Crippen LogP contribution < -0.4 is 14.8 Å². The molecule has 2 N–H and O–H groups in total. The minimum absolute atomic E-state index is 0.0886. The van der Waals surface area contributed by atoms with Crippen LogP contribution in [0, 0.1) is 5.41 Å². The molecule has 6 nitrogen and oxygen atoms in total. The van der Waals surface area contributed by atoms with Gasteiger partial charge in [-0.3, -0.25) is 9.59 Å². The highest BCUT2D eigenvalue weighted by Gasteiger charge is 2.35. The summed E-state index contributed by atoms with van der Waals surface area (Å²) in [5.74, 6) is -0.138. The summed E-state index contributed by atoms with van der Waals surface area (Å²) >= 11 is 0. The van der Waals surface area contributed by atoms with E-state index in [1.54, 1.807) is 18.2 Å². The molecule has 0 aromatic heterocycles. The Kier molecular flexibility index (Phi) is 7.55. The molecule has 0 spiro atoms. The molecule has 1 aromatic carbocycles. The van der Waals surface area contributed by atoms with Gasteiger partial charge in [0.1, 0.15) is 0 Å². The van der Waals surface area contributed by atoms with Gasteiger partial charge in [0.2, 0.25) is 0 Å². The van der Waals surface area contributed by atoms with E-state index in [-0.39, 0.29) is 12.5 Å². The number of hydrogen-bond donors (Lipinski definition) is 2. The molecule has 1 aromatic rings. The van der Waals surface area contributed by atoms with E-state index in [2.05, 4.69) is 5.32 Å². The van der Waals surface area contributed by atoms with Crippen LogP contribution in [-0.2, 0) is 4.79 Å². The molecule has 0 heterocycles.